The average Bonchev–Trinajstić information content (AvgIpc) is 3.09. The van der Waals surface area contributed by atoms with Crippen LogP contribution in [0.2, 0.25) is 0 Å². The Kier molecular flexibility index (Phi) is 3.03. The Morgan fingerprint density at radius 3 is 2.89 bits per heavy atom. The van der Waals surface area contributed by atoms with Crippen LogP contribution in [0.1, 0.15) is 40.8 Å². The first-order valence-corrected chi connectivity index (χ1v) is 6.39. The van der Waals surface area contributed by atoms with E-state index in [0.29, 0.717) is 11.6 Å². The largest absolute Gasteiger partial charge is 0.364 e. The topological polar surface area (TPSA) is 68.0 Å². The average molecular weight is 257 g/mol. The molecule has 1 amide bonds. The van der Waals surface area contributed by atoms with Crippen molar-refractivity contribution in [3.63, 3.8) is 0 Å². The molecule has 2 aromatic rings. The fourth-order valence-corrected chi connectivity index (χ4v) is 2.15. The monoisotopic (exact) mass is 257 g/mol. The summed E-state index contributed by atoms with van der Waals surface area (Å²) in [6.07, 6.45) is 3.64. The van der Waals surface area contributed by atoms with Crippen LogP contribution in [0.5, 0.6) is 0 Å². The van der Waals surface area contributed by atoms with Crippen LogP contribution in [-0.2, 0) is 0 Å². The van der Waals surface area contributed by atoms with Crippen LogP contribution in [-0.4, -0.2) is 16.0 Å². The van der Waals surface area contributed by atoms with Crippen molar-refractivity contribution in [3.05, 3.63) is 47.6 Å². The van der Waals surface area contributed by atoms with Crippen LogP contribution >= 0.6 is 0 Å². The van der Waals surface area contributed by atoms with Crippen LogP contribution in [0.3, 0.4) is 0 Å². The zero-order chi connectivity index (χ0) is 13.2. The first-order valence-electron chi connectivity index (χ1n) is 6.39. The van der Waals surface area contributed by atoms with E-state index < -0.39 is 0 Å². The number of hydrogen-bond donors (Lipinski definition) is 1. The molecule has 0 bridgehead atoms. The molecule has 1 N–H and O–H groups in total. The third kappa shape index (κ3) is 2.65. The summed E-state index contributed by atoms with van der Waals surface area (Å²) in [6.45, 7) is 1.95. The van der Waals surface area contributed by atoms with Crippen LogP contribution in [0, 0.1) is 12.8 Å². The summed E-state index contributed by atoms with van der Waals surface area (Å²) in [5, 5.41) is 6.65. The van der Waals surface area contributed by atoms with Gasteiger partial charge in [0.1, 0.15) is 6.26 Å². The summed E-state index contributed by atoms with van der Waals surface area (Å²) < 4.78 is 4.69. The van der Waals surface area contributed by atoms with Crippen molar-refractivity contribution in [2.75, 3.05) is 0 Å². The molecular formula is C14H15N3O2. The molecule has 0 saturated heterocycles. The van der Waals surface area contributed by atoms with Crippen molar-refractivity contribution < 1.29 is 9.32 Å². The van der Waals surface area contributed by atoms with Gasteiger partial charge in [-0.1, -0.05) is 11.2 Å². The highest BCUT2D eigenvalue weighted by molar-refractivity contribution is 5.92. The van der Waals surface area contributed by atoms with E-state index in [2.05, 4.69) is 15.5 Å². The predicted molar refractivity (Wildman–Crippen MR) is 68.4 cm³/mol. The minimum atomic E-state index is -0.214. The fourth-order valence-electron chi connectivity index (χ4n) is 2.15. The van der Waals surface area contributed by atoms with Crippen molar-refractivity contribution >= 4 is 5.91 Å². The minimum Gasteiger partial charge on any atom is -0.364 e. The summed E-state index contributed by atoms with van der Waals surface area (Å²) in [7, 11) is 0. The fraction of sp³-hybridized carbons (Fsp3) is 0.357. The van der Waals surface area contributed by atoms with Gasteiger partial charge in [-0.3, -0.25) is 9.78 Å². The first kappa shape index (κ1) is 11.9. The number of aryl methyl sites for hydroxylation is 1. The van der Waals surface area contributed by atoms with Crippen molar-refractivity contribution in [2.45, 2.75) is 25.8 Å². The van der Waals surface area contributed by atoms with Gasteiger partial charge < -0.3 is 9.84 Å². The van der Waals surface area contributed by atoms with Gasteiger partial charge in [-0.05, 0) is 37.8 Å². The van der Waals surface area contributed by atoms with Crippen LogP contribution in [0.4, 0.5) is 0 Å². The molecule has 1 fully saturated rings. The number of amides is 1. The van der Waals surface area contributed by atoms with Gasteiger partial charge in [-0.15, -0.1) is 0 Å². The third-order valence-electron chi connectivity index (χ3n) is 3.28. The normalized spacial score (nSPS) is 16.1. The van der Waals surface area contributed by atoms with E-state index >= 15 is 0 Å². The third-order valence-corrected chi connectivity index (χ3v) is 3.28. The number of rotatable bonds is 4. The van der Waals surface area contributed by atoms with E-state index in [1.807, 2.05) is 25.1 Å². The highest BCUT2D eigenvalue weighted by Crippen LogP contribution is 2.40. The van der Waals surface area contributed by atoms with Crippen LogP contribution < -0.4 is 5.32 Å². The second-order valence-corrected chi connectivity index (χ2v) is 4.88. The number of nitrogens with zero attached hydrogens (tertiary/aromatic N) is 2. The van der Waals surface area contributed by atoms with Gasteiger partial charge in [0.25, 0.3) is 5.91 Å². The second kappa shape index (κ2) is 4.84. The number of carbonyl (C=O) groups excluding carboxylic acids is 1. The Labute approximate surface area is 111 Å². The van der Waals surface area contributed by atoms with Gasteiger partial charge in [0, 0.05) is 11.8 Å². The van der Waals surface area contributed by atoms with E-state index in [9.17, 15) is 4.79 Å². The summed E-state index contributed by atoms with van der Waals surface area (Å²) >= 11 is 0. The standard InChI is InChI=1S/C14H15N3O2/c1-9-3-2-4-11(15-9)13(10-5-6-10)16-14(18)12-7-8-19-17-12/h2-4,7-8,10,13H,5-6H2,1H3,(H,16,18)/t13-/m1/s1. The Balaban J connectivity index is 1.80. The van der Waals surface area contributed by atoms with Crippen molar-refractivity contribution in [1.82, 2.24) is 15.5 Å². The maximum absolute atomic E-state index is 12.0. The number of aromatic nitrogens is 2. The number of pyridine rings is 1. The molecule has 5 heteroatoms. The molecule has 0 radical (unpaired) electrons. The Bertz CT molecular complexity index is 576. The molecule has 1 atom stereocenters. The van der Waals surface area contributed by atoms with E-state index in [-0.39, 0.29) is 11.9 Å². The molecule has 0 aromatic carbocycles. The predicted octanol–water partition coefficient (Wildman–Crippen LogP) is 2.26. The summed E-state index contributed by atoms with van der Waals surface area (Å²) in [5.74, 6) is 0.263. The molecule has 1 aliphatic rings. The number of nitrogens with one attached hydrogen (secondary N) is 1. The molecule has 3 rings (SSSR count). The molecule has 5 nitrogen and oxygen atoms in total. The van der Waals surface area contributed by atoms with E-state index in [0.717, 1.165) is 24.2 Å². The molecular weight excluding hydrogens is 242 g/mol. The molecule has 0 aliphatic heterocycles. The van der Waals surface area contributed by atoms with Crippen LogP contribution in [0.15, 0.2) is 35.1 Å². The molecule has 19 heavy (non-hydrogen) atoms. The maximum Gasteiger partial charge on any atom is 0.274 e. The molecule has 2 aromatic heterocycles. The van der Waals surface area contributed by atoms with Gasteiger partial charge in [0.2, 0.25) is 0 Å². The van der Waals surface area contributed by atoms with Gasteiger partial charge in [-0.25, -0.2) is 0 Å². The number of carbonyl (C=O) groups is 1. The smallest absolute Gasteiger partial charge is 0.274 e. The van der Waals surface area contributed by atoms with E-state index in [1.54, 1.807) is 6.07 Å². The van der Waals surface area contributed by atoms with Gasteiger partial charge >= 0.3 is 0 Å². The first-order chi connectivity index (χ1) is 9.24. The molecule has 2 heterocycles. The lowest BCUT2D eigenvalue weighted by Crippen LogP contribution is -2.30. The lowest BCUT2D eigenvalue weighted by Gasteiger charge is -2.17. The highest BCUT2D eigenvalue weighted by atomic mass is 16.5. The maximum atomic E-state index is 12.0. The van der Waals surface area contributed by atoms with Gasteiger partial charge in [0.05, 0.1) is 11.7 Å². The van der Waals surface area contributed by atoms with Crippen molar-refractivity contribution in [1.29, 1.82) is 0 Å². The summed E-state index contributed by atoms with van der Waals surface area (Å²) in [4.78, 5) is 16.6. The zero-order valence-electron chi connectivity index (χ0n) is 10.7. The van der Waals surface area contributed by atoms with E-state index in [1.165, 1.54) is 6.26 Å². The molecule has 0 spiro atoms. The molecule has 98 valence electrons. The summed E-state index contributed by atoms with van der Waals surface area (Å²) in [5.41, 5.74) is 2.18. The molecule has 1 aliphatic carbocycles. The minimum absolute atomic E-state index is 0.0379. The summed E-state index contributed by atoms with van der Waals surface area (Å²) in [6, 6.07) is 7.40. The number of hydrogen-bond acceptors (Lipinski definition) is 4. The highest BCUT2D eigenvalue weighted by Gasteiger charge is 2.34. The Morgan fingerprint density at radius 1 is 1.42 bits per heavy atom. The Hall–Kier alpha value is -2.17. The van der Waals surface area contributed by atoms with Crippen molar-refractivity contribution in [3.8, 4) is 0 Å². The van der Waals surface area contributed by atoms with Crippen LogP contribution in [0.25, 0.3) is 0 Å². The zero-order valence-corrected chi connectivity index (χ0v) is 10.7. The lowest BCUT2D eigenvalue weighted by molar-refractivity contribution is 0.0921. The van der Waals surface area contributed by atoms with E-state index in [4.69, 9.17) is 4.52 Å². The Morgan fingerprint density at radius 2 is 2.26 bits per heavy atom. The van der Waals surface area contributed by atoms with Crippen molar-refractivity contribution in [2.24, 2.45) is 5.92 Å². The quantitative estimate of drug-likeness (QED) is 0.912. The molecule has 1 saturated carbocycles. The lowest BCUT2D eigenvalue weighted by atomic mass is 10.1. The van der Waals surface area contributed by atoms with Gasteiger partial charge in [-0.2, -0.15) is 0 Å². The second-order valence-electron chi connectivity index (χ2n) is 4.88. The molecule has 0 unspecified atom stereocenters. The van der Waals surface area contributed by atoms with Gasteiger partial charge in [0.15, 0.2) is 5.69 Å². The SMILES string of the molecule is Cc1cccc([C@H](NC(=O)c2ccon2)C2CC2)n1.